The van der Waals surface area contributed by atoms with E-state index in [0.717, 1.165) is 24.1 Å². The second-order valence-electron chi connectivity index (χ2n) is 6.41. The van der Waals surface area contributed by atoms with E-state index < -0.39 is 5.91 Å². The number of carbonyl (C=O) groups is 2. The van der Waals surface area contributed by atoms with Crippen LogP contribution in [0.25, 0.3) is 0 Å². The van der Waals surface area contributed by atoms with Gasteiger partial charge in [-0.2, -0.15) is 5.10 Å². The number of carbonyl (C=O) groups excluding carboxylic acids is 2. The maximum Gasteiger partial charge on any atom is 0.248 e. The van der Waals surface area contributed by atoms with Crippen molar-refractivity contribution in [2.24, 2.45) is 5.73 Å². The average molecular weight is 362 g/mol. The molecule has 0 bridgehead atoms. The lowest BCUT2D eigenvalue weighted by Crippen LogP contribution is -2.19. The van der Waals surface area contributed by atoms with Gasteiger partial charge in [0.25, 0.3) is 0 Å². The number of nitrogens with one attached hydrogen (secondary N) is 2. The zero-order chi connectivity index (χ0) is 18.8. The van der Waals surface area contributed by atoms with Crippen LogP contribution in [0, 0.1) is 0 Å². The van der Waals surface area contributed by atoms with E-state index in [0.29, 0.717) is 22.7 Å². The zero-order valence-electron chi connectivity index (χ0n) is 14.4. The average Bonchev–Trinajstić information content (AvgIpc) is 3.27. The van der Waals surface area contributed by atoms with E-state index in [1.807, 2.05) is 0 Å². The van der Waals surface area contributed by atoms with Gasteiger partial charge in [0.1, 0.15) is 11.5 Å². The Balaban J connectivity index is 1.41. The van der Waals surface area contributed by atoms with E-state index >= 15 is 0 Å². The van der Waals surface area contributed by atoms with Gasteiger partial charge in [-0.25, -0.2) is 0 Å². The fourth-order valence-electron chi connectivity index (χ4n) is 3.21. The van der Waals surface area contributed by atoms with E-state index in [4.69, 9.17) is 10.5 Å². The summed E-state index contributed by atoms with van der Waals surface area (Å²) >= 11 is 0. The number of amides is 2. The summed E-state index contributed by atoms with van der Waals surface area (Å²) in [6, 6.07) is 13.7. The minimum absolute atomic E-state index is 0.0548. The molecule has 27 heavy (non-hydrogen) atoms. The number of fused-ring (bicyclic) bond motifs is 1. The van der Waals surface area contributed by atoms with Gasteiger partial charge in [0.2, 0.25) is 11.8 Å². The van der Waals surface area contributed by atoms with Crippen molar-refractivity contribution in [1.82, 2.24) is 10.2 Å². The molecule has 1 heterocycles. The van der Waals surface area contributed by atoms with Crippen LogP contribution in [0.5, 0.6) is 11.5 Å². The van der Waals surface area contributed by atoms with Crippen LogP contribution in [-0.2, 0) is 11.2 Å². The second kappa shape index (κ2) is 6.95. The topological polar surface area (TPSA) is 110 Å². The summed E-state index contributed by atoms with van der Waals surface area (Å²) in [5, 5.41) is 9.85. The number of aryl methyl sites for hydroxylation is 1. The Morgan fingerprint density at radius 2 is 1.96 bits per heavy atom. The molecule has 1 aliphatic rings. The molecule has 0 radical (unpaired) electrons. The Morgan fingerprint density at radius 1 is 1.15 bits per heavy atom. The van der Waals surface area contributed by atoms with E-state index in [1.165, 1.54) is 0 Å². The number of hydrogen-bond acceptors (Lipinski definition) is 4. The molecular weight excluding hydrogens is 344 g/mol. The zero-order valence-corrected chi connectivity index (χ0v) is 14.4. The van der Waals surface area contributed by atoms with Crippen LogP contribution in [0.3, 0.4) is 0 Å². The molecule has 0 saturated carbocycles. The van der Waals surface area contributed by atoms with Gasteiger partial charge >= 0.3 is 0 Å². The molecule has 2 aromatic carbocycles. The van der Waals surface area contributed by atoms with Crippen molar-refractivity contribution in [2.45, 2.75) is 18.8 Å². The van der Waals surface area contributed by atoms with Crippen molar-refractivity contribution < 1.29 is 14.3 Å². The molecule has 0 aliphatic heterocycles. The molecule has 1 atom stereocenters. The summed E-state index contributed by atoms with van der Waals surface area (Å²) in [7, 11) is 0. The summed E-state index contributed by atoms with van der Waals surface area (Å²) in [4.78, 5) is 23.8. The molecule has 136 valence electrons. The molecule has 0 saturated heterocycles. The van der Waals surface area contributed by atoms with Crippen molar-refractivity contribution in [3.63, 3.8) is 0 Å². The van der Waals surface area contributed by atoms with Crippen molar-refractivity contribution in [1.29, 1.82) is 0 Å². The van der Waals surface area contributed by atoms with Gasteiger partial charge < -0.3 is 15.8 Å². The number of nitrogens with two attached hydrogens (primary N) is 1. The summed E-state index contributed by atoms with van der Waals surface area (Å²) < 4.78 is 5.73. The first-order valence-corrected chi connectivity index (χ1v) is 8.61. The van der Waals surface area contributed by atoms with Crippen LogP contribution in [-0.4, -0.2) is 22.0 Å². The highest BCUT2D eigenvalue weighted by Crippen LogP contribution is 2.32. The van der Waals surface area contributed by atoms with Crippen molar-refractivity contribution in [2.75, 3.05) is 5.32 Å². The smallest absolute Gasteiger partial charge is 0.248 e. The number of aromatic amines is 1. The Morgan fingerprint density at radius 3 is 2.74 bits per heavy atom. The first kappa shape index (κ1) is 16.8. The van der Waals surface area contributed by atoms with Gasteiger partial charge in [-0.05, 0) is 60.9 Å². The van der Waals surface area contributed by atoms with Crippen molar-refractivity contribution in [3.8, 4) is 11.5 Å². The van der Waals surface area contributed by atoms with Crippen molar-refractivity contribution >= 4 is 17.5 Å². The molecule has 4 N–H and O–H groups in total. The molecule has 0 fully saturated rings. The van der Waals surface area contributed by atoms with Gasteiger partial charge in [-0.15, -0.1) is 0 Å². The van der Waals surface area contributed by atoms with Gasteiger partial charge in [-0.1, -0.05) is 6.07 Å². The lowest BCUT2D eigenvalue weighted by atomic mass is 10.1. The summed E-state index contributed by atoms with van der Waals surface area (Å²) in [5.74, 6) is 0.341. The summed E-state index contributed by atoms with van der Waals surface area (Å²) in [6.45, 7) is 0. The molecule has 1 aromatic heterocycles. The molecule has 1 unspecified atom stereocenters. The summed E-state index contributed by atoms with van der Waals surface area (Å²) in [6.07, 6.45) is 3.43. The molecule has 7 nitrogen and oxygen atoms in total. The third kappa shape index (κ3) is 3.52. The molecule has 2 amide bonds. The molecule has 0 spiro atoms. The van der Waals surface area contributed by atoms with E-state index in [1.54, 1.807) is 54.7 Å². The molecule has 7 heteroatoms. The van der Waals surface area contributed by atoms with Crippen LogP contribution >= 0.6 is 0 Å². The third-order valence-corrected chi connectivity index (χ3v) is 4.59. The van der Waals surface area contributed by atoms with Gasteiger partial charge in [0.15, 0.2) is 0 Å². The molecule has 3 aromatic rings. The van der Waals surface area contributed by atoms with Gasteiger partial charge in [0, 0.05) is 11.3 Å². The second-order valence-corrected chi connectivity index (χ2v) is 6.41. The largest absolute Gasteiger partial charge is 0.457 e. The van der Waals surface area contributed by atoms with E-state index in [9.17, 15) is 9.59 Å². The Labute approximate surface area is 155 Å². The molecule has 4 rings (SSSR count). The van der Waals surface area contributed by atoms with Gasteiger partial charge in [-0.3, -0.25) is 14.7 Å². The van der Waals surface area contributed by atoms with Gasteiger partial charge in [0.05, 0.1) is 17.8 Å². The molecular formula is C20H18N4O3. The maximum atomic E-state index is 12.5. The fraction of sp³-hybridized carbons (Fsp3) is 0.150. The SMILES string of the molecule is NC(=O)c1cccc(Oc2ccc(NC(=O)C3CCc4cn[nH]c43)cc2)c1. The standard InChI is InChI=1S/C20H18N4O3/c21-19(25)12-2-1-3-16(10-12)27-15-7-5-14(6-8-15)23-20(26)17-9-4-13-11-22-24-18(13)17/h1-3,5-8,10-11,17H,4,9H2,(H2,21,25)(H,22,24)(H,23,26). The van der Waals surface area contributed by atoms with Crippen LogP contribution in [0.1, 0.15) is 34.0 Å². The Kier molecular flexibility index (Phi) is 4.33. The minimum Gasteiger partial charge on any atom is -0.457 e. The number of hydrogen-bond donors (Lipinski definition) is 3. The number of nitrogens with zero attached hydrogens (tertiary/aromatic N) is 1. The van der Waals surface area contributed by atoms with Crippen LogP contribution in [0.4, 0.5) is 5.69 Å². The van der Waals surface area contributed by atoms with Crippen LogP contribution in [0.2, 0.25) is 0 Å². The number of anilines is 1. The number of rotatable bonds is 5. The Bertz CT molecular complexity index is 994. The van der Waals surface area contributed by atoms with Crippen LogP contribution in [0.15, 0.2) is 54.7 Å². The van der Waals surface area contributed by atoms with Crippen LogP contribution < -0.4 is 15.8 Å². The highest BCUT2D eigenvalue weighted by atomic mass is 16.5. The quantitative estimate of drug-likeness (QED) is 0.648. The molecule has 1 aliphatic carbocycles. The highest BCUT2D eigenvalue weighted by Gasteiger charge is 2.30. The van der Waals surface area contributed by atoms with Crippen molar-refractivity contribution in [3.05, 3.63) is 71.5 Å². The Hall–Kier alpha value is -3.61. The predicted molar refractivity (Wildman–Crippen MR) is 99.8 cm³/mol. The minimum atomic E-state index is -0.508. The normalized spacial score (nSPS) is 15.2. The van der Waals surface area contributed by atoms with E-state index in [-0.39, 0.29) is 11.8 Å². The van der Waals surface area contributed by atoms with E-state index in [2.05, 4.69) is 15.5 Å². The lowest BCUT2D eigenvalue weighted by Gasteiger charge is -2.12. The number of aromatic nitrogens is 2. The highest BCUT2D eigenvalue weighted by molar-refractivity contribution is 5.96. The third-order valence-electron chi connectivity index (χ3n) is 4.59. The monoisotopic (exact) mass is 362 g/mol. The fourth-order valence-corrected chi connectivity index (χ4v) is 3.21. The first-order chi connectivity index (χ1) is 13.1. The lowest BCUT2D eigenvalue weighted by molar-refractivity contribution is -0.117. The number of benzene rings is 2. The first-order valence-electron chi connectivity index (χ1n) is 8.61. The predicted octanol–water partition coefficient (Wildman–Crippen LogP) is 2.97. The summed E-state index contributed by atoms with van der Waals surface area (Å²) in [5.41, 5.74) is 8.36. The number of H-pyrrole nitrogens is 1. The number of ether oxygens (including phenoxy) is 1. The number of primary amides is 1. The maximum absolute atomic E-state index is 12.5.